The number of hydrogen-bond acceptors (Lipinski definition) is 0. The average molecular weight is 908 g/mol. The van der Waals surface area contributed by atoms with Gasteiger partial charge in [0.25, 0.3) is 0 Å². The van der Waals surface area contributed by atoms with Crippen LogP contribution in [-0.4, -0.2) is 36.0 Å². The highest BCUT2D eigenvalue weighted by molar-refractivity contribution is 7.14. The highest BCUT2D eigenvalue weighted by atomic mass is 15.0. The first-order valence-corrected chi connectivity index (χ1v) is 25.4. The van der Waals surface area contributed by atoms with Crippen molar-refractivity contribution in [3.63, 3.8) is 0 Å². The maximum absolute atomic E-state index is 2.62. The number of fused-ring (bicyclic) bond motifs is 10. The largest absolute Gasteiger partial charge is 0.310 e. The lowest BCUT2D eigenvalue weighted by Crippen LogP contribution is -2.76. The molecule has 6 heteroatoms. The minimum atomic E-state index is -0.119. The van der Waals surface area contributed by atoms with Crippen molar-refractivity contribution in [3.05, 3.63) is 267 Å². The lowest BCUT2D eigenvalue weighted by molar-refractivity contribution is 1.18. The first-order chi connectivity index (χ1) is 35.8. The molecule has 0 amide bonds. The molecule has 72 heavy (non-hydrogen) atoms. The summed E-state index contributed by atoms with van der Waals surface area (Å²) in [5, 5.41) is 5.09. The second-order valence-corrected chi connectivity index (χ2v) is 19.7. The summed E-state index contributed by atoms with van der Waals surface area (Å²) in [7, 11) is 0. The van der Waals surface area contributed by atoms with Gasteiger partial charge in [-0.05, 0) is 47.3 Å². The average Bonchev–Trinajstić information content (AvgIpc) is 3.99. The normalized spacial score (nSPS) is 12.9. The smallest absolute Gasteiger partial charge is 0.243 e. The first kappa shape index (κ1) is 41.1. The van der Waals surface area contributed by atoms with Crippen LogP contribution >= 0.6 is 0 Å². The van der Waals surface area contributed by atoms with Crippen molar-refractivity contribution in [2.75, 3.05) is 0 Å². The van der Waals surface area contributed by atoms with Crippen molar-refractivity contribution < 1.29 is 0 Å². The highest BCUT2D eigenvalue weighted by Crippen LogP contribution is 2.39. The Kier molecular flexibility index (Phi) is 9.38. The standard InChI is InChI=1S/C66H44B4N2/c1-5-25-45(26-6-1)67-51-35-15-19-39-55(51)69(56-40-20-16-36-52(56)67)63-61-49-33-13-23-43-59(49)72(48-31-11-4-12-32-48)66(61)64(62-50-34-14-24-44-60(50)71(65(62)63)47-29-9-3-10-30-47)70-57-41-21-17-37-53(57)68(46-27-7-2-8-28-46)54-38-18-22-42-58(54)70/h1-44H. The van der Waals surface area contributed by atoms with E-state index in [9.17, 15) is 0 Å². The maximum atomic E-state index is 2.62. The molecule has 0 aliphatic carbocycles. The van der Waals surface area contributed by atoms with Crippen molar-refractivity contribution in [2.24, 2.45) is 0 Å². The Morgan fingerprint density at radius 3 is 0.792 bits per heavy atom. The molecule has 0 N–H and O–H groups in total. The molecule has 330 valence electrons. The van der Waals surface area contributed by atoms with Gasteiger partial charge < -0.3 is 9.13 Å². The van der Waals surface area contributed by atoms with E-state index in [2.05, 4.69) is 276 Å². The van der Waals surface area contributed by atoms with Crippen molar-refractivity contribution in [1.29, 1.82) is 0 Å². The fourth-order valence-electron chi connectivity index (χ4n) is 13.5. The Morgan fingerprint density at radius 1 is 0.222 bits per heavy atom. The molecule has 4 heterocycles. The predicted octanol–water partition coefficient (Wildman–Crippen LogP) is 6.57. The summed E-state index contributed by atoms with van der Waals surface area (Å²) in [6.07, 6.45) is 0. The van der Waals surface area contributed by atoms with E-state index in [0.717, 1.165) is 11.4 Å². The number of benzene rings is 11. The zero-order valence-electron chi connectivity index (χ0n) is 39.6. The summed E-state index contributed by atoms with van der Waals surface area (Å²) in [5.41, 5.74) is 23.3. The van der Waals surface area contributed by atoms with E-state index in [0.29, 0.717) is 0 Å². The second-order valence-electron chi connectivity index (χ2n) is 19.7. The Bertz CT molecular complexity index is 3870. The molecule has 0 atom stereocenters. The molecule has 2 aromatic heterocycles. The molecule has 2 aliphatic rings. The van der Waals surface area contributed by atoms with Crippen LogP contribution in [-0.2, 0) is 0 Å². The highest BCUT2D eigenvalue weighted by Gasteiger charge is 2.45. The number of aromatic nitrogens is 2. The van der Waals surface area contributed by atoms with E-state index in [-0.39, 0.29) is 26.9 Å². The van der Waals surface area contributed by atoms with Gasteiger partial charge in [0.15, 0.2) is 0 Å². The number of nitrogens with zero attached hydrogens (tertiary/aromatic N) is 2. The van der Waals surface area contributed by atoms with Gasteiger partial charge in [0.2, 0.25) is 26.9 Å². The minimum absolute atomic E-state index is 0.0820. The Labute approximate surface area is 421 Å². The molecule has 2 nitrogen and oxygen atoms in total. The van der Waals surface area contributed by atoms with Gasteiger partial charge in [0.05, 0.1) is 11.0 Å². The molecule has 0 saturated carbocycles. The van der Waals surface area contributed by atoms with Crippen LogP contribution in [0.1, 0.15) is 0 Å². The summed E-state index contributed by atoms with van der Waals surface area (Å²) in [6, 6.07) is 100. The Morgan fingerprint density at radius 2 is 0.472 bits per heavy atom. The third-order valence-electron chi connectivity index (χ3n) is 16.1. The van der Waals surface area contributed by atoms with Crippen molar-refractivity contribution >= 4 is 136 Å². The fourth-order valence-corrected chi connectivity index (χ4v) is 13.5. The second kappa shape index (κ2) is 16.4. The van der Waals surface area contributed by atoms with Gasteiger partial charge in [-0.1, -0.05) is 285 Å². The molecule has 13 aromatic rings. The van der Waals surface area contributed by atoms with Crippen LogP contribution in [0, 0.1) is 0 Å². The van der Waals surface area contributed by atoms with Crippen LogP contribution in [0.25, 0.3) is 55.0 Å². The van der Waals surface area contributed by atoms with E-state index in [4.69, 9.17) is 0 Å². The van der Waals surface area contributed by atoms with E-state index in [1.165, 1.54) is 109 Å². The predicted molar refractivity (Wildman–Crippen MR) is 312 cm³/mol. The number of hydrogen-bond donors (Lipinski definition) is 0. The Balaban J connectivity index is 1.20. The SMILES string of the molecule is c1ccc(B2c3ccccc3B(c3c4c5ccccc5n(-c5ccccc5)c4c(B4c5ccccc5B(c5ccccc5)c5ccccc54)c4c5ccccc5n(-c5ccccc5)c34)c3ccccc32)cc1. The van der Waals surface area contributed by atoms with Crippen LogP contribution in [0.3, 0.4) is 0 Å². The van der Waals surface area contributed by atoms with Gasteiger partial charge in [0.1, 0.15) is 0 Å². The molecule has 0 spiro atoms. The molecular weight excluding hydrogens is 864 g/mol. The van der Waals surface area contributed by atoms with Crippen LogP contribution in [0.5, 0.6) is 0 Å². The third-order valence-corrected chi connectivity index (χ3v) is 16.1. The van der Waals surface area contributed by atoms with E-state index < -0.39 is 0 Å². The van der Waals surface area contributed by atoms with Gasteiger partial charge in [-0.3, -0.25) is 0 Å². The van der Waals surface area contributed by atoms with E-state index in [1.807, 2.05) is 0 Å². The summed E-state index contributed by atoms with van der Waals surface area (Å²) >= 11 is 0. The number of rotatable bonds is 6. The molecular formula is C66H44B4N2. The first-order valence-electron chi connectivity index (χ1n) is 25.4. The van der Waals surface area contributed by atoms with Crippen molar-refractivity contribution in [1.82, 2.24) is 9.13 Å². The molecule has 0 radical (unpaired) electrons. The fraction of sp³-hybridized carbons (Fsp3) is 0. The summed E-state index contributed by atoms with van der Waals surface area (Å²) in [5.74, 6) is 0. The van der Waals surface area contributed by atoms with Gasteiger partial charge >= 0.3 is 0 Å². The summed E-state index contributed by atoms with van der Waals surface area (Å²) in [4.78, 5) is 0. The topological polar surface area (TPSA) is 9.86 Å². The lowest BCUT2D eigenvalue weighted by Gasteiger charge is -2.35. The Hall–Kier alpha value is -8.72. The lowest BCUT2D eigenvalue weighted by atomic mass is 9.20. The molecule has 0 fully saturated rings. The molecule has 11 aromatic carbocycles. The quantitative estimate of drug-likeness (QED) is 0.167. The monoisotopic (exact) mass is 908 g/mol. The molecule has 2 aliphatic heterocycles. The van der Waals surface area contributed by atoms with E-state index >= 15 is 0 Å². The van der Waals surface area contributed by atoms with E-state index in [1.54, 1.807) is 0 Å². The van der Waals surface area contributed by atoms with Crippen LogP contribution in [0.2, 0.25) is 0 Å². The zero-order valence-corrected chi connectivity index (χ0v) is 39.6. The van der Waals surface area contributed by atoms with Crippen LogP contribution < -0.4 is 65.6 Å². The molecule has 0 saturated heterocycles. The van der Waals surface area contributed by atoms with Gasteiger partial charge in [-0.15, -0.1) is 0 Å². The summed E-state index contributed by atoms with van der Waals surface area (Å²) in [6.45, 7) is -0.0738. The van der Waals surface area contributed by atoms with Gasteiger partial charge in [0, 0.05) is 44.0 Å². The van der Waals surface area contributed by atoms with Crippen LogP contribution in [0.4, 0.5) is 0 Å². The molecule has 15 rings (SSSR count). The minimum Gasteiger partial charge on any atom is -0.310 e. The van der Waals surface area contributed by atoms with Gasteiger partial charge in [-0.25, -0.2) is 0 Å². The van der Waals surface area contributed by atoms with Gasteiger partial charge in [-0.2, -0.15) is 0 Å². The molecule has 0 bridgehead atoms. The molecule has 0 unspecified atom stereocenters. The zero-order chi connectivity index (χ0) is 47.3. The van der Waals surface area contributed by atoms with Crippen molar-refractivity contribution in [3.8, 4) is 11.4 Å². The summed E-state index contributed by atoms with van der Waals surface area (Å²) < 4.78 is 5.25. The van der Waals surface area contributed by atoms with Crippen LogP contribution in [0.15, 0.2) is 267 Å². The number of para-hydroxylation sites is 4. The maximum Gasteiger partial charge on any atom is 0.243 e. The van der Waals surface area contributed by atoms with Crippen molar-refractivity contribution in [2.45, 2.75) is 0 Å². The third kappa shape index (κ3) is 5.96.